The maximum absolute atomic E-state index is 10.6. The number of hydrogen-bond donors (Lipinski definition) is 1. The predicted molar refractivity (Wildman–Crippen MR) is 59.2 cm³/mol. The second-order valence-electron chi connectivity index (χ2n) is 5.17. The highest BCUT2D eigenvalue weighted by Gasteiger charge is 2.26. The summed E-state index contributed by atoms with van der Waals surface area (Å²) >= 11 is 0. The topological polar surface area (TPSA) is 63.1 Å². The molecule has 16 heavy (non-hydrogen) atoms. The van der Waals surface area contributed by atoms with Crippen LogP contribution < -0.4 is 0 Å². The van der Waals surface area contributed by atoms with Crippen molar-refractivity contribution in [1.82, 2.24) is 9.97 Å². The van der Waals surface area contributed by atoms with Gasteiger partial charge in [-0.3, -0.25) is 4.79 Å². The fourth-order valence-corrected chi connectivity index (χ4v) is 2.13. The first-order valence-corrected chi connectivity index (χ1v) is 5.52. The minimum absolute atomic E-state index is 0.0866. The Bertz CT molecular complexity index is 427. The summed E-state index contributed by atoms with van der Waals surface area (Å²) in [6.45, 7) is 4.47. The first-order valence-electron chi connectivity index (χ1n) is 5.52. The van der Waals surface area contributed by atoms with Crippen LogP contribution in [0, 0.1) is 5.41 Å². The van der Waals surface area contributed by atoms with E-state index in [4.69, 9.17) is 5.11 Å². The monoisotopic (exact) mass is 220 g/mol. The standard InChI is InChI=1S/C12H16N2O2/c1-12(2)4-3-9-8(6-12)7-13-10(14-9)5-11(15)16/h7H,3-6H2,1-2H3,(H,15,16). The van der Waals surface area contributed by atoms with E-state index in [0.29, 0.717) is 11.2 Å². The van der Waals surface area contributed by atoms with E-state index in [1.54, 1.807) is 6.20 Å². The smallest absolute Gasteiger partial charge is 0.311 e. The van der Waals surface area contributed by atoms with E-state index in [1.165, 1.54) is 5.56 Å². The average molecular weight is 220 g/mol. The molecule has 0 saturated heterocycles. The van der Waals surface area contributed by atoms with Gasteiger partial charge in [0.1, 0.15) is 12.2 Å². The highest BCUT2D eigenvalue weighted by Crippen LogP contribution is 2.33. The van der Waals surface area contributed by atoms with Gasteiger partial charge in [0.25, 0.3) is 0 Å². The fraction of sp³-hybridized carbons (Fsp3) is 0.583. The van der Waals surface area contributed by atoms with Gasteiger partial charge in [0.15, 0.2) is 0 Å². The number of rotatable bonds is 2. The van der Waals surface area contributed by atoms with Crippen molar-refractivity contribution < 1.29 is 9.90 Å². The van der Waals surface area contributed by atoms with Crippen molar-refractivity contribution in [2.75, 3.05) is 0 Å². The van der Waals surface area contributed by atoms with Crippen molar-refractivity contribution in [3.63, 3.8) is 0 Å². The fourth-order valence-electron chi connectivity index (χ4n) is 2.13. The maximum Gasteiger partial charge on any atom is 0.311 e. The van der Waals surface area contributed by atoms with E-state index in [1.807, 2.05) is 0 Å². The molecule has 0 radical (unpaired) electrons. The van der Waals surface area contributed by atoms with E-state index in [-0.39, 0.29) is 6.42 Å². The molecule has 86 valence electrons. The summed E-state index contributed by atoms with van der Waals surface area (Å²) in [6, 6.07) is 0. The molecule has 2 rings (SSSR count). The Balaban J connectivity index is 2.24. The molecule has 1 aliphatic rings. The molecule has 0 atom stereocenters. The summed E-state index contributed by atoms with van der Waals surface area (Å²) in [5, 5.41) is 8.67. The Morgan fingerprint density at radius 2 is 2.31 bits per heavy atom. The molecule has 1 N–H and O–H groups in total. The molecule has 1 aromatic heterocycles. The molecule has 4 heteroatoms. The van der Waals surface area contributed by atoms with Gasteiger partial charge in [-0.25, -0.2) is 9.97 Å². The van der Waals surface area contributed by atoms with Crippen LogP contribution in [0.1, 0.15) is 37.4 Å². The van der Waals surface area contributed by atoms with Gasteiger partial charge in [-0.1, -0.05) is 13.8 Å². The van der Waals surface area contributed by atoms with Crippen LogP contribution in [0.5, 0.6) is 0 Å². The van der Waals surface area contributed by atoms with Gasteiger partial charge in [0.2, 0.25) is 0 Å². The molecule has 0 fully saturated rings. The van der Waals surface area contributed by atoms with E-state index in [0.717, 1.165) is 25.0 Å². The molecule has 0 aromatic carbocycles. The van der Waals surface area contributed by atoms with E-state index >= 15 is 0 Å². The number of carboxylic acids is 1. The van der Waals surface area contributed by atoms with Crippen molar-refractivity contribution >= 4 is 5.97 Å². The number of carboxylic acid groups (broad SMARTS) is 1. The lowest BCUT2D eigenvalue weighted by molar-refractivity contribution is -0.136. The molecule has 1 heterocycles. The zero-order valence-corrected chi connectivity index (χ0v) is 9.66. The quantitative estimate of drug-likeness (QED) is 0.822. The Kier molecular flexibility index (Phi) is 2.66. The SMILES string of the molecule is CC1(C)CCc2nc(CC(=O)O)ncc2C1. The number of fused-ring (bicyclic) bond motifs is 1. The molecule has 1 aliphatic carbocycles. The molecular formula is C12H16N2O2. The average Bonchev–Trinajstić information content (AvgIpc) is 2.16. The van der Waals surface area contributed by atoms with Gasteiger partial charge in [-0.15, -0.1) is 0 Å². The lowest BCUT2D eigenvalue weighted by Gasteiger charge is -2.30. The Hall–Kier alpha value is -1.45. The summed E-state index contributed by atoms with van der Waals surface area (Å²) in [5.74, 6) is -0.456. The summed E-state index contributed by atoms with van der Waals surface area (Å²) in [7, 11) is 0. The molecule has 0 amide bonds. The summed E-state index contributed by atoms with van der Waals surface area (Å²) in [6.07, 6.45) is 4.72. The van der Waals surface area contributed by atoms with Gasteiger partial charge in [-0.2, -0.15) is 0 Å². The predicted octanol–water partition coefficient (Wildman–Crippen LogP) is 1.62. The highest BCUT2D eigenvalue weighted by molar-refractivity contribution is 5.68. The van der Waals surface area contributed by atoms with Gasteiger partial charge in [0, 0.05) is 11.9 Å². The third kappa shape index (κ3) is 2.38. The second-order valence-corrected chi connectivity index (χ2v) is 5.17. The van der Waals surface area contributed by atoms with Gasteiger partial charge < -0.3 is 5.11 Å². The normalized spacial score (nSPS) is 17.9. The van der Waals surface area contributed by atoms with Gasteiger partial charge in [-0.05, 0) is 30.2 Å². The number of carbonyl (C=O) groups is 1. The van der Waals surface area contributed by atoms with Crippen molar-refractivity contribution in [1.29, 1.82) is 0 Å². The zero-order chi connectivity index (χ0) is 11.8. The van der Waals surface area contributed by atoms with Crippen LogP contribution in [-0.4, -0.2) is 21.0 Å². The lowest BCUT2D eigenvalue weighted by Crippen LogP contribution is -2.24. The lowest BCUT2D eigenvalue weighted by atomic mass is 9.76. The first kappa shape index (κ1) is 11.0. The minimum Gasteiger partial charge on any atom is -0.481 e. The van der Waals surface area contributed by atoms with Gasteiger partial charge >= 0.3 is 5.97 Å². The molecule has 1 aromatic rings. The minimum atomic E-state index is -0.879. The number of aliphatic carboxylic acids is 1. The van der Waals surface area contributed by atoms with E-state index in [9.17, 15) is 4.79 Å². The van der Waals surface area contributed by atoms with Gasteiger partial charge in [0.05, 0.1) is 0 Å². The number of hydrogen-bond acceptors (Lipinski definition) is 3. The Morgan fingerprint density at radius 3 is 3.00 bits per heavy atom. The van der Waals surface area contributed by atoms with E-state index in [2.05, 4.69) is 23.8 Å². The summed E-state index contributed by atoms with van der Waals surface area (Å²) in [4.78, 5) is 19.0. The zero-order valence-electron chi connectivity index (χ0n) is 9.66. The third-order valence-corrected chi connectivity index (χ3v) is 3.02. The maximum atomic E-state index is 10.6. The number of nitrogens with zero attached hydrogens (tertiary/aromatic N) is 2. The van der Waals surface area contributed by atoms with Crippen LogP contribution in [0.15, 0.2) is 6.20 Å². The van der Waals surface area contributed by atoms with Crippen LogP contribution in [0.3, 0.4) is 0 Å². The molecule has 0 bridgehead atoms. The van der Waals surface area contributed by atoms with Crippen molar-refractivity contribution in [3.8, 4) is 0 Å². The number of aromatic nitrogens is 2. The summed E-state index contributed by atoms with van der Waals surface area (Å²) in [5.41, 5.74) is 2.51. The van der Waals surface area contributed by atoms with Crippen molar-refractivity contribution in [2.24, 2.45) is 5.41 Å². The Labute approximate surface area is 94.7 Å². The van der Waals surface area contributed by atoms with Crippen LogP contribution >= 0.6 is 0 Å². The Morgan fingerprint density at radius 1 is 1.56 bits per heavy atom. The van der Waals surface area contributed by atoms with Crippen molar-refractivity contribution in [2.45, 2.75) is 39.5 Å². The van der Waals surface area contributed by atoms with Crippen molar-refractivity contribution in [3.05, 3.63) is 23.3 Å². The second kappa shape index (κ2) is 3.85. The molecule has 0 unspecified atom stereocenters. The first-order chi connectivity index (χ1) is 7.46. The number of aryl methyl sites for hydroxylation is 1. The van der Waals surface area contributed by atoms with Crippen LogP contribution in [-0.2, 0) is 24.1 Å². The van der Waals surface area contributed by atoms with Crippen LogP contribution in [0.25, 0.3) is 0 Å². The van der Waals surface area contributed by atoms with E-state index < -0.39 is 5.97 Å². The molecule has 0 aliphatic heterocycles. The summed E-state index contributed by atoms with van der Waals surface area (Å²) < 4.78 is 0. The highest BCUT2D eigenvalue weighted by atomic mass is 16.4. The molecular weight excluding hydrogens is 204 g/mol. The van der Waals surface area contributed by atoms with Crippen LogP contribution in [0.2, 0.25) is 0 Å². The van der Waals surface area contributed by atoms with Crippen LogP contribution in [0.4, 0.5) is 0 Å². The molecule has 4 nitrogen and oxygen atoms in total. The molecule has 0 spiro atoms. The largest absolute Gasteiger partial charge is 0.481 e. The molecule has 0 saturated carbocycles. The third-order valence-electron chi connectivity index (χ3n) is 3.02.